The highest BCUT2D eigenvalue weighted by Crippen LogP contribution is 2.23. The quantitative estimate of drug-likeness (QED) is 0.415. The number of nitrogens with zero attached hydrogens (tertiary/aromatic N) is 3. The molecule has 0 radical (unpaired) electrons. The number of thioether (sulfide) groups is 1. The van der Waals surface area contributed by atoms with E-state index in [1.165, 1.54) is 11.8 Å². The van der Waals surface area contributed by atoms with Gasteiger partial charge in [-0.2, -0.15) is 5.10 Å². The van der Waals surface area contributed by atoms with Crippen LogP contribution >= 0.6 is 23.1 Å². The molecule has 0 aliphatic rings. The zero-order chi connectivity index (χ0) is 16.9. The molecular weight excluding hydrogens is 340 g/mol. The fourth-order valence-corrected chi connectivity index (χ4v) is 3.97. The monoisotopic (exact) mass is 358 g/mol. The normalized spacial score (nSPS) is 11.4. The lowest BCUT2D eigenvalue weighted by molar-refractivity contribution is -0.118. The van der Waals surface area contributed by atoms with E-state index in [4.69, 9.17) is 0 Å². The molecule has 0 aliphatic heterocycles. The Labute approximate surface area is 148 Å². The first-order chi connectivity index (χ1) is 11.7. The van der Waals surface area contributed by atoms with Gasteiger partial charge in [-0.25, -0.2) is 10.4 Å². The molecule has 0 bridgehead atoms. The van der Waals surface area contributed by atoms with Crippen molar-refractivity contribution in [1.82, 2.24) is 15.0 Å². The minimum atomic E-state index is -0.139. The SMILES string of the molecule is CCn1c(SCC(=O)NN=Cc2sccc2C)nc2ccccc21. The zero-order valence-corrected chi connectivity index (χ0v) is 15.2. The molecule has 1 aromatic carbocycles. The second-order valence-electron chi connectivity index (χ2n) is 5.18. The van der Waals surface area contributed by atoms with Gasteiger partial charge in [0.15, 0.2) is 5.16 Å². The summed E-state index contributed by atoms with van der Waals surface area (Å²) in [5.41, 5.74) is 5.77. The number of carbonyl (C=O) groups excluding carboxylic acids is 1. The third-order valence-corrected chi connectivity index (χ3v) is 5.47. The van der Waals surface area contributed by atoms with E-state index < -0.39 is 0 Å². The number of aromatic nitrogens is 2. The van der Waals surface area contributed by atoms with Gasteiger partial charge >= 0.3 is 0 Å². The topological polar surface area (TPSA) is 59.3 Å². The Morgan fingerprint density at radius 1 is 1.42 bits per heavy atom. The molecule has 3 aromatic rings. The van der Waals surface area contributed by atoms with Crippen molar-refractivity contribution < 1.29 is 4.79 Å². The smallest absolute Gasteiger partial charge is 0.250 e. The van der Waals surface area contributed by atoms with Gasteiger partial charge in [0.05, 0.1) is 23.0 Å². The molecule has 3 rings (SSSR count). The van der Waals surface area contributed by atoms with Crippen LogP contribution in [0.5, 0.6) is 0 Å². The first kappa shape index (κ1) is 16.7. The minimum Gasteiger partial charge on any atom is -0.319 e. The van der Waals surface area contributed by atoms with Gasteiger partial charge in [-0.3, -0.25) is 4.79 Å². The largest absolute Gasteiger partial charge is 0.319 e. The molecule has 0 saturated carbocycles. The number of amides is 1. The molecule has 0 spiro atoms. The number of hydrogen-bond donors (Lipinski definition) is 1. The van der Waals surface area contributed by atoms with Crippen molar-refractivity contribution in [3.8, 4) is 0 Å². The fourth-order valence-electron chi connectivity index (χ4n) is 2.31. The predicted molar refractivity (Wildman–Crippen MR) is 101 cm³/mol. The van der Waals surface area contributed by atoms with Gasteiger partial charge in [0.25, 0.3) is 5.91 Å². The molecule has 0 aliphatic carbocycles. The summed E-state index contributed by atoms with van der Waals surface area (Å²) >= 11 is 3.02. The Hall–Kier alpha value is -2.12. The summed E-state index contributed by atoms with van der Waals surface area (Å²) in [5, 5.41) is 6.87. The number of thiophene rings is 1. The molecule has 0 unspecified atom stereocenters. The van der Waals surface area contributed by atoms with Crippen LogP contribution in [-0.2, 0) is 11.3 Å². The number of fused-ring (bicyclic) bond motifs is 1. The highest BCUT2D eigenvalue weighted by Gasteiger charge is 2.11. The fraction of sp³-hybridized carbons (Fsp3) is 0.235. The van der Waals surface area contributed by atoms with Gasteiger partial charge < -0.3 is 4.57 Å². The molecule has 0 saturated heterocycles. The van der Waals surface area contributed by atoms with Gasteiger partial charge in [0, 0.05) is 11.4 Å². The van der Waals surface area contributed by atoms with Crippen molar-refractivity contribution in [2.45, 2.75) is 25.5 Å². The van der Waals surface area contributed by atoms with Crippen molar-refractivity contribution in [3.63, 3.8) is 0 Å². The Morgan fingerprint density at radius 2 is 2.25 bits per heavy atom. The van der Waals surface area contributed by atoms with Crippen molar-refractivity contribution in [1.29, 1.82) is 0 Å². The lowest BCUT2D eigenvalue weighted by atomic mass is 10.3. The van der Waals surface area contributed by atoms with Crippen molar-refractivity contribution in [2.24, 2.45) is 5.10 Å². The highest BCUT2D eigenvalue weighted by molar-refractivity contribution is 7.99. The second-order valence-corrected chi connectivity index (χ2v) is 7.07. The average Bonchev–Trinajstić information content (AvgIpc) is 3.16. The van der Waals surface area contributed by atoms with Crippen LogP contribution in [0.3, 0.4) is 0 Å². The summed E-state index contributed by atoms with van der Waals surface area (Å²) in [6.45, 7) is 4.91. The highest BCUT2D eigenvalue weighted by atomic mass is 32.2. The first-order valence-corrected chi connectivity index (χ1v) is 9.49. The summed E-state index contributed by atoms with van der Waals surface area (Å²) in [4.78, 5) is 17.6. The van der Waals surface area contributed by atoms with Crippen LogP contribution < -0.4 is 5.43 Å². The van der Waals surface area contributed by atoms with Crippen LogP contribution in [0, 0.1) is 6.92 Å². The summed E-state index contributed by atoms with van der Waals surface area (Å²) in [5.74, 6) is 0.143. The van der Waals surface area contributed by atoms with Gasteiger partial charge in [-0.05, 0) is 43.0 Å². The molecule has 124 valence electrons. The number of aryl methyl sites for hydroxylation is 2. The zero-order valence-electron chi connectivity index (χ0n) is 13.5. The number of nitrogens with one attached hydrogen (secondary N) is 1. The van der Waals surface area contributed by atoms with E-state index in [1.807, 2.05) is 42.6 Å². The molecule has 7 heteroatoms. The molecule has 2 aromatic heterocycles. The second kappa shape index (κ2) is 7.63. The lowest BCUT2D eigenvalue weighted by Crippen LogP contribution is -2.19. The number of hydrazone groups is 1. The third kappa shape index (κ3) is 3.68. The van der Waals surface area contributed by atoms with E-state index in [2.05, 4.69) is 27.0 Å². The Bertz CT molecular complexity index is 882. The molecule has 0 atom stereocenters. The maximum absolute atomic E-state index is 12.0. The van der Waals surface area contributed by atoms with E-state index >= 15 is 0 Å². The number of para-hydroxylation sites is 2. The van der Waals surface area contributed by atoms with Gasteiger partial charge in [0.1, 0.15) is 0 Å². The number of rotatable bonds is 6. The van der Waals surface area contributed by atoms with Crippen LogP contribution in [0.4, 0.5) is 0 Å². The number of benzene rings is 1. The summed E-state index contributed by atoms with van der Waals surface area (Å²) in [7, 11) is 0. The van der Waals surface area contributed by atoms with E-state index in [0.717, 1.165) is 33.2 Å². The predicted octanol–water partition coefficient (Wildman–Crippen LogP) is 3.67. The van der Waals surface area contributed by atoms with E-state index in [0.29, 0.717) is 0 Å². The standard InChI is InChI=1S/C17H18N4OS2/c1-3-21-14-7-5-4-6-13(14)19-17(21)24-11-16(22)20-18-10-15-12(2)8-9-23-15/h4-10H,3,11H2,1-2H3,(H,20,22). The number of carbonyl (C=O) groups is 1. The molecule has 0 fully saturated rings. The van der Waals surface area contributed by atoms with Crippen LogP contribution in [0.15, 0.2) is 46.0 Å². The van der Waals surface area contributed by atoms with Crippen molar-refractivity contribution in [2.75, 3.05) is 5.75 Å². The number of hydrogen-bond acceptors (Lipinski definition) is 5. The van der Waals surface area contributed by atoms with Crippen LogP contribution in [-0.4, -0.2) is 27.4 Å². The molecule has 5 nitrogen and oxygen atoms in total. The van der Waals surface area contributed by atoms with E-state index in [-0.39, 0.29) is 11.7 Å². The van der Waals surface area contributed by atoms with Crippen molar-refractivity contribution in [3.05, 3.63) is 46.2 Å². The van der Waals surface area contributed by atoms with Gasteiger partial charge in [0.2, 0.25) is 0 Å². The van der Waals surface area contributed by atoms with Crippen LogP contribution in [0.2, 0.25) is 0 Å². The van der Waals surface area contributed by atoms with Crippen molar-refractivity contribution >= 4 is 46.3 Å². The molecule has 1 amide bonds. The summed E-state index contributed by atoms with van der Waals surface area (Å²) < 4.78 is 2.12. The molecule has 24 heavy (non-hydrogen) atoms. The molecule has 1 N–H and O–H groups in total. The first-order valence-electron chi connectivity index (χ1n) is 7.63. The van der Waals surface area contributed by atoms with E-state index in [9.17, 15) is 4.79 Å². The van der Waals surface area contributed by atoms with Crippen LogP contribution in [0.25, 0.3) is 11.0 Å². The van der Waals surface area contributed by atoms with Crippen LogP contribution in [0.1, 0.15) is 17.4 Å². The molecule has 2 heterocycles. The number of imidazole rings is 1. The Kier molecular flexibility index (Phi) is 5.32. The Balaban J connectivity index is 1.60. The molecular formula is C17H18N4OS2. The van der Waals surface area contributed by atoms with Gasteiger partial charge in [-0.15, -0.1) is 11.3 Å². The average molecular weight is 358 g/mol. The van der Waals surface area contributed by atoms with Gasteiger partial charge in [-0.1, -0.05) is 23.9 Å². The lowest BCUT2D eigenvalue weighted by Gasteiger charge is -2.04. The minimum absolute atomic E-state index is 0.139. The maximum Gasteiger partial charge on any atom is 0.250 e. The van der Waals surface area contributed by atoms with E-state index in [1.54, 1.807) is 17.6 Å². The summed E-state index contributed by atoms with van der Waals surface area (Å²) in [6, 6.07) is 10.0. The summed E-state index contributed by atoms with van der Waals surface area (Å²) in [6.07, 6.45) is 1.68. The maximum atomic E-state index is 12.0. The third-order valence-electron chi connectivity index (χ3n) is 3.54. The Morgan fingerprint density at radius 3 is 3.00 bits per heavy atom.